The lowest BCUT2D eigenvalue weighted by molar-refractivity contribution is 0.278. The molecular weight excluding hydrogens is 288 g/mol. The normalized spacial score (nSPS) is 12.6. The van der Waals surface area contributed by atoms with Gasteiger partial charge in [-0.3, -0.25) is 0 Å². The van der Waals surface area contributed by atoms with Crippen LogP contribution in [-0.4, -0.2) is 24.4 Å². The molecule has 21 heavy (non-hydrogen) atoms. The Bertz CT molecular complexity index is 382. The highest BCUT2D eigenvalue weighted by Crippen LogP contribution is 2.36. The molecule has 0 amide bonds. The number of benzene rings is 1. The van der Waals surface area contributed by atoms with Crippen LogP contribution in [0.25, 0.3) is 0 Å². The Balaban J connectivity index is 2.00. The van der Waals surface area contributed by atoms with E-state index in [0.717, 1.165) is 16.1 Å². The van der Waals surface area contributed by atoms with Gasteiger partial charge in [-0.2, -0.15) is 0 Å². The van der Waals surface area contributed by atoms with Gasteiger partial charge in [0.25, 0.3) is 0 Å². The van der Waals surface area contributed by atoms with Crippen LogP contribution >= 0.6 is 0 Å². The summed E-state index contributed by atoms with van der Waals surface area (Å²) < 4.78 is 6.21. The zero-order chi connectivity index (χ0) is 15.8. The van der Waals surface area contributed by atoms with Crippen molar-refractivity contribution in [2.45, 2.75) is 70.6 Å². The van der Waals surface area contributed by atoms with Crippen LogP contribution in [0.15, 0.2) is 30.3 Å². The summed E-state index contributed by atoms with van der Waals surface area (Å²) in [5.41, 5.74) is 0. The van der Waals surface area contributed by atoms with Crippen LogP contribution < -0.4 is 5.19 Å². The van der Waals surface area contributed by atoms with Gasteiger partial charge in [0.2, 0.25) is 0 Å². The van der Waals surface area contributed by atoms with Gasteiger partial charge in [-0.15, -0.1) is 0 Å². The Labute approximate surface area is 135 Å². The summed E-state index contributed by atoms with van der Waals surface area (Å²) in [7, 11) is -0.547. The average molecular weight is 321 g/mol. The second-order valence-corrected chi connectivity index (χ2v) is 13.6. The minimum Gasteiger partial charge on any atom is -0.417 e. The smallest absolute Gasteiger partial charge is 0.191 e. The fraction of sp³-hybridized carbons (Fsp3) is 0.667. The summed E-state index contributed by atoms with van der Waals surface area (Å²) in [4.78, 5) is 0. The van der Waals surface area contributed by atoms with E-state index in [1.54, 1.807) is 0 Å². The minimum atomic E-state index is -1.52. The molecule has 0 aliphatic rings. The summed E-state index contributed by atoms with van der Waals surface area (Å²) in [5.74, 6) is 0. The first-order valence-electron chi connectivity index (χ1n) is 8.26. The van der Waals surface area contributed by atoms with Crippen LogP contribution in [-0.2, 0) is 4.43 Å². The van der Waals surface area contributed by atoms with E-state index < -0.39 is 8.32 Å². The van der Waals surface area contributed by atoms with E-state index in [2.05, 4.69) is 64.2 Å². The molecule has 118 valence electrons. The van der Waals surface area contributed by atoms with Crippen molar-refractivity contribution in [2.24, 2.45) is 0 Å². The maximum absolute atomic E-state index is 6.21. The number of rotatable bonds is 9. The van der Waals surface area contributed by atoms with Gasteiger partial charge < -0.3 is 4.43 Å². The zero-order valence-electron chi connectivity index (χ0n) is 14.5. The van der Waals surface area contributed by atoms with E-state index in [0.29, 0.717) is 5.04 Å². The van der Waals surface area contributed by atoms with Crippen molar-refractivity contribution in [3.05, 3.63) is 30.3 Å². The Kier molecular flexibility index (Phi) is 7.92. The topological polar surface area (TPSA) is 9.23 Å². The first-order chi connectivity index (χ1) is 9.83. The molecule has 2 radical (unpaired) electrons. The molecule has 1 aromatic rings. The maximum atomic E-state index is 6.21. The van der Waals surface area contributed by atoms with Crippen molar-refractivity contribution in [3.8, 4) is 0 Å². The van der Waals surface area contributed by atoms with Gasteiger partial charge in [0.15, 0.2) is 8.32 Å². The summed E-state index contributed by atoms with van der Waals surface area (Å²) in [6.45, 7) is 12.6. The maximum Gasteiger partial charge on any atom is 0.191 e. The SMILES string of the molecule is CC(C)(C)[Si](C)(C)OCCCCCC[Si]c1ccccc1. The molecule has 0 saturated carbocycles. The van der Waals surface area contributed by atoms with Crippen LogP contribution in [0.5, 0.6) is 0 Å². The standard InChI is InChI=1S/C18H32OSi2/c1-18(2,3)21(4,5)19-15-11-6-7-12-16-20-17-13-9-8-10-14-17/h8-10,13-14H,6-7,11-12,15-16H2,1-5H3. The molecular formula is C18H32OSi2. The summed E-state index contributed by atoms with van der Waals surface area (Å²) >= 11 is 0. The Morgan fingerprint density at radius 2 is 1.57 bits per heavy atom. The molecule has 0 heterocycles. The molecule has 0 atom stereocenters. The molecule has 0 aliphatic carbocycles. The van der Waals surface area contributed by atoms with Crippen LogP contribution in [0.1, 0.15) is 46.5 Å². The monoisotopic (exact) mass is 320 g/mol. The van der Waals surface area contributed by atoms with E-state index in [9.17, 15) is 0 Å². The largest absolute Gasteiger partial charge is 0.417 e. The Morgan fingerprint density at radius 1 is 0.952 bits per heavy atom. The van der Waals surface area contributed by atoms with Gasteiger partial charge in [-0.05, 0) is 24.6 Å². The van der Waals surface area contributed by atoms with Gasteiger partial charge in [0, 0.05) is 6.61 Å². The second-order valence-electron chi connectivity index (χ2n) is 7.32. The quantitative estimate of drug-likeness (QED) is 0.459. The lowest BCUT2D eigenvalue weighted by Gasteiger charge is -2.36. The highest BCUT2D eigenvalue weighted by Gasteiger charge is 2.36. The predicted octanol–water partition coefficient (Wildman–Crippen LogP) is 5.02. The van der Waals surface area contributed by atoms with Crippen LogP contribution in [0, 0.1) is 0 Å². The first-order valence-corrected chi connectivity index (χ1v) is 12.4. The molecule has 0 N–H and O–H groups in total. The van der Waals surface area contributed by atoms with E-state index >= 15 is 0 Å². The number of unbranched alkanes of at least 4 members (excludes halogenated alkanes) is 3. The molecule has 1 aromatic carbocycles. The van der Waals surface area contributed by atoms with Crippen molar-refractivity contribution in [3.63, 3.8) is 0 Å². The van der Waals surface area contributed by atoms with Crippen molar-refractivity contribution < 1.29 is 4.43 Å². The fourth-order valence-corrected chi connectivity index (χ4v) is 4.14. The number of hydrogen-bond donors (Lipinski definition) is 0. The summed E-state index contributed by atoms with van der Waals surface area (Å²) in [6.07, 6.45) is 5.24. The third-order valence-corrected chi connectivity index (χ3v) is 10.3. The molecule has 0 aromatic heterocycles. The van der Waals surface area contributed by atoms with E-state index in [-0.39, 0.29) is 0 Å². The van der Waals surface area contributed by atoms with Crippen LogP contribution in [0.4, 0.5) is 0 Å². The molecule has 0 saturated heterocycles. The zero-order valence-corrected chi connectivity index (χ0v) is 16.5. The highest BCUT2D eigenvalue weighted by atomic mass is 28.4. The van der Waals surface area contributed by atoms with Gasteiger partial charge in [0.1, 0.15) is 0 Å². The van der Waals surface area contributed by atoms with Crippen molar-refractivity contribution in [2.75, 3.05) is 6.61 Å². The third-order valence-electron chi connectivity index (χ3n) is 4.44. The van der Waals surface area contributed by atoms with E-state index in [4.69, 9.17) is 4.43 Å². The van der Waals surface area contributed by atoms with Crippen molar-refractivity contribution >= 4 is 23.0 Å². The molecule has 0 bridgehead atoms. The van der Waals surface area contributed by atoms with Gasteiger partial charge >= 0.3 is 0 Å². The van der Waals surface area contributed by atoms with E-state index in [1.165, 1.54) is 36.9 Å². The molecule has 0 spiro atoms. The van der Waals surface area contributed by atoms with Crippen LogP contribution in [0.2, 0.25) is 24.2 Å². The van der Waals surface area contributed by atoms with Crippen LogP contribution in [0.3, 0.4) is 0 Å². The minimum absolute atomic E-state index is 0.337. The first kappa shape index (κ1) is 18.7. The molecule has 0 unspecified atom stereocenters. The number of hydrogen-bond acceptors (Lipinski definition) is 1. The molecule has 0 aliphatic heterocycles. The molecule has 1 nitrogen and oxygen atoms in total. The summed E-state index contributed by atoms with van der Waals surface area (Å²) in [6, 6.07) is 12.2. The van der Waals surface area contributed by atoms with Gasteiger partial charge in [0.05, 0.1) is 9.52 Å². The summed E-state index contributed by atoms with van der Waals surface area (Å²) in [5, 5.41) is 1.84. The second kappa shape index (κ2) is 8.91. The highest BCUT2D eigenvalue weighted by molar-refractivity contribution is 6.74. The third kappa shape index (κ3) is 7.43. The van der Waals surface area contributed by atoms with Crippen molar-refractivity contribution in [1.29, 1.82) is 0 Å². The lowest BCUT2D eigenvalue weighted by Crippen LogP contribution is -2.40. The Hall–Kier alpha value is -0.386. The predicted molar refractivity (Wildman–Crippen MR) is 98.3 cm³/mol. The van der Waals surface area contributed by atoms with Crippen molar-refractivity contribution in [1.82, 2.24) is 0 Å². The lowest BCUT2D eigenvalue weighted by atomic mass is 10.2. The molecule has 1 rings (SSSR count). The van der Waals surface area contributed by atoms with Gasteiger partial charge in [-0.1, -0.05) is 81.6 Å². The molecule has 3 heteroatoms. The Morgan fingerprint density at radius 3 is 2.19 bits per heavy atom. The average Bonchev–Trinajstić information content (AvgIpc) is 2.41. The van der Waals surface area contributed by atoms with Gasteiger partial charge in [-0.25, -0.2) is 0 Å². The molecule has 0 fully saturated rings. The van der Waals surface area contributed by atoms with E-state index in [1.807, 2.05) is 0 Å². The fourth-order valence-electron chi connectivity index (χ4n) is 1.91.